The molecule has 3 amide bonds. The van der Waals surface area contributed by atoms with Gasteiger partial charge in [-0.1, -0.05) is 17.7 Å². The number of esters is 1. The first-order chi connectivity index (χ1) is 12.1. The van der Waals surface area contributed by atoms with Crippen LogP contribution in [0.25, 0.3) is 0 Å². The summed E-state index contributed by atoms with van der Waals surface area (Å²) in [4.78, 5) is 34.4. The van der Waals surface area contributed by atoms with Crippen molar-refractivity contribution in [3.63, 3.8) is 0 Å². The zero-order valence-electron chi connectivity index (χ0n) is 15.1. The van der Waals surface area contributed by atoms with Crippen molar-refractivity contribution in [2.24, 2.45) is 0 Å². The molecule has 0 aliphatic heterocycles. The van der Waals surface area contributed by atoms with E-state index in [-0.39, 0.29) is 17.9 Å². The molecule has 0 aromatic heterocycles. The number of hydrogen-bond acceptors (Lipinski definition) is 6. The Balaban J connectivity index is 2.52. The van der Waals surface area contributed by atoms with Crippen LogP contribution in [0.2, 0.25) is 0 Å². The number of amides is 3. The van der Waals surface area contributed by atoms with Crippen molar-refractivity contribution in [1.29, 1.82) is 0 Å². The van der Waals surface area contributed by atoms with Crippen LogP contribution < -0.4 is 15.4 Å². The normalized spacial score (nSPS) is 12.2. The van der Waals surface area contributed by atoms with Gasteiger partial charge in [0.15, 0.2) is 6.10 Å². The van der Waals surface area contributed by atoms with Crippen molar-refractivity contribution in [3.05, 3.63) is 29.3 Å². The highest BCUT2D eigenvalue weighted by Crippen LogP contribution is 2.16. The second kappa shape index (κ2) is 9.30. The molecule has 0 saturated heterocycles. The largest absolute Gasteiger partial charge is 0.452 e. The molecule has 0 aliphatic carbocycles. The summed E-state index contributed by atoms with van der Waals surface area (Å²) in [6, 6.07) is 4.20. The second-order valence-corrected chi connectivity index (χ2v) is 7.35. The maximum atomic E-state index is 12.3. The van der Waals surface area contributed by atoms with Gasteiger partial charge < -0.3 is 10.1 Å². The molecule has 0 spiro atoms. The van der Waals surface area contributed by atoms with Gasteiger partial charge >= 0.3 is 12.0 Å². The summed E-state index contributed by atoms with van der Waals surface area (Å²) >= 11 is 0. The fourth-order valence-corrected chi connectivity index (χ4v) is 3.31. The lowest BCUT2D eigenvalue weighted by Gasteiger charge is -2.13. The van der Waals surface area contributed by atoms with E-state index in [1.54, 1.807) is 19.1 Å². The van der Waals surface area contributed by atoms with E-state index in [9.17, 15) is 22.8 Å². The number of carbonyl (C=O) groups excluding carboxylic acids is 3. The van der Waals surface area contributed by atoms with E-state index >= 15 is 0 Å². The third kappa shape index (κ3) is 6.45. The van der Waals surface area contributed by atoms with E-state index in [0.29, 0.717) is 5.56 Å². The summed E-state index contributed by atoms with van der Waals surface area (Å²) in [7, 11) is -2.42. The number of nitrogens with one attached hydrogen (secondary N) is 3. The quantitative estimate of drug-likeness (QED) is 0.581. The molecule has 0 radical (unpaired) electrons. The third-order valence-corrected chi connectivity index (χ3v) is 5.00. The first kappa shape index (κ1) is 21.6. The Labute approximate surface area is 152 Å². The highest BCUT2D eigenvalue weighted by atomic mass is 32.2. The van der Waals surface area contributed by atoms with Gasteiger partial charge in [-0.25, -0.2) is 17.9 Å². The number of aryl methyl sites for hydroxylation is 2. The van der Waals surface area contributed by atoms with E-state index in [0.717, 1.165) is 5.56 Å². The van der Waals surface area contributed by atoms with Gasteiger partial charge in [0.05, 0.1) is 11.3 Å². The van der Waals surface area contributed by atoms with Crippen molar-refractivity contribution in [3.8, 4) is 0 Å². The Morgan fingerprint density at radius 1 is 1.19 bits per heavy atom. The van der Waals surface area contributed by atoms with Crippen LogP contribution in [0.3, 0.4) is 0 Å². The Morgan fingerprint density at radius 3 is 2.42 bits per heavy atom. The number of hydrogen-bond donors (Lipinski definition) is 3. The van der Waals surface area contributed by atoms with Gasteiger partial charge in [0.1, 0.15) is 0 Å². The zero-order valence-corrected chi connectivity index (χ0v) is 15.9. The molecule has 26 heavy (non-hydrogen) atoms. The standard InChI is InChI=1S/C16H23N3O6S/c1-10-5-6-13(11(2)9-10)26(23,24)18-8-7-14(20)25-12(3)15(21)19-16(22)17-4/h5-6,9,12,18H,7-8H2,1-4H3,(H2,17,19,21,22)/t12-/m0/s1. The summed E-state index contributed by atoms with van der Waals surface area (Å²) in [6.45, 7) is 4.66. The molecule has 1 aromatic rings. The highest BCUT2D eigenvalue weighted by molar-refractivity contribution is 7.89. The molecule has 144 valence electrons. The van der Waals surface area contributed by atoms with Crippen LogP contribution in [0, 0.1) is 13.8 Å². The van der Waals surface area contributed by atoms with Crippen LogP contribution in [-0.4, -0.2) is 46.0 Å². The number of imide groups is 1. The molecule has 10 heteroatoms. The maximum Gasteiger partial charge on any atom is 0.321 e. The summed E-state index contributed by atoms with van der Waals surface area (Å²) in [5.41, 5.74) is 1.54. The molecule has 0 aliphatic rings. The lowest BCUT2D eigenvalue weighted by Crippen LogP contribution is -2.43. The molecule has 1 rings (SSSR count). The first-order valence-corrected chi connectivity index (χ1v) is 9.34. The van der Waals surface area contributed by atoms with E-state index in [4.69, 9.17) is 4.74 Å². The number of rotatable bonds is 7. The minimum atomic E-state index is -3.76. The molecule has 0 bridgehead atoms. The number of urea groups is 1. The van der Waals surface area contributed by atoms with E-state index in [1.807, 2.05) is 12.2 Å². The van der Waals surface area contributed by atoms with Gasteiger partial charge in [0.2, 0.25) is 10.0 Å². The smallest absolute Gasteiger partial charge is 0.321 e. The number of carbonyl (C=O) groups is 3. The number of ether oxygens (including phenoxy) is 1. The van der Waals surface area contributed by atoms with Crippen LogP contribution in [-0.2, 0) is 24.3 Å². The topological polar surface area (TPSA) is 131 Å². The van der Waals surface area contributed by atoms with Gasteiger partial charge in [-0.2, -0.15) is 0 Å². The van der Waals surface area contributed by atoms with Crippen molar-refractivity contribution >= 4 is 27.9 Å². The number of sulfonamides is 1. The van der Waals surface area contributed by atoms with Gasteiger partial charge in [0, 0.05) is 13.6 Å². The number of benzene rings is 1. The molecule has 9 nitrogen and oxygen atoms in total. The second-order valence-electron chi connectivity index (χ2n) is 5.62. The van der Waals surface area contributed by atoms with Crippen LogP contribution in [0.15, 0.2) is 23.1 Å². The minimum Gasteiger partial charge on any atom is -0.452 e. The summed E-state index contributed by atoms with van der Waals surface area (Å²) < 4.78 is 31.7. The summed E-state index contributed by atoms with van der Waals surface area (Å²) in [5, 5.41) is 4.16. The molecule has 0 fully saturated rings. The molecule has 0 unspecified atom stereocenters. The van der Waals surface area contributed by atoms with Crippen LogP contribution in [0.1, 0.15) is 24.5 Å². The van der Waals surface area contributed by atoms with Crippen molar-refractivity contribution in [2.45, 2.75) is 38.2 Å². The fraction of sp³-hybridized carbons (Fsp3) is 0.438. The monoisotopic (exact) mass is 385 g/mol. The maximum absolute atomic E-state index is 12.3. The van der Waals surface area contributed by atoms with E-state index < -0.39 is 34.0 Å². The molecule has 0 saturated carbocycles. The Morgan fingerprint density at radius 2 is 1.85 bits per heavy atom. The lowest BCUT2D eigenvalue weighted by molar-refractivity contribution is -0.154. The van der Waals surface area contributed by atoms with E-state index in [2.05, 4.69) is 10.0 Å². The summed E-state index contributed by atoms with van der Waals surface area (Å²) in [6.07, 6.45) is -1.45. The lowest BCUT2D eigenvalue weighted by atomic mass is 10.2. The highest BCUT2D eigenvalue weighted by Gasteiger charge is 2.21. The van der Waals surface area contributed by atoms with E-state index in [1.165, 1.54) is 20.0 Å². The average molecular weight is 385 g/mol. The molecule has 3 N–H and O–H groups in total. The molecular formula is C16H23N3O6S. The van der Waals surface area contributed by atoms with Crippen molar-refractivity contribution in [2.75, 3.05) is 13.6 Å². The third-order valence-electron chi connectivity index (χ3n) is 3.38. The summed E-state index contributed by atoms with van der Waals surface area (Å²) in [5.74, 6) is -1.55. The molecule has 1 aromatic carbocycles. The van der Waals surface area contributed by atoms with Crippen LogP contribution in [0.5, 0.6) is 0 Å². The SMILES string of the molecule is CNC(=O)NC(=O)[C@H](C)OC(=O)CCNS(=O)(=O)c1ccc(C)cc1C. The minimum absolute atomic E-state index is 0.134. The Hall–Kier alpha value is -2.46. The van der Waals surface area contributed by atoms with Gasteiger partial charge in [0.25, 0.3) is 5.91 Å². The fourth-order valence-electron chi connectivity index (χ4n) is 2.05. The predicted octanol–water partition coefficient (Wildman–Crippen LogP) is 0.359. The zero-order chi connectivity index (χ0) is 19.9. The van der Waals surface area contributed by atoms with Gasteiger partial charge in [-0.05, 0) is 32.4 Å². The first-order valence-electron chi connectivity index (χ1n) is 7.85. The predicted molar refractivity (Wildman–Crippen MR) is 93.9 cm³/mol. The molecule has 0 heterocycles. The van der Waals surface area contributed by atoms with Crippen LogP contribution in [0.4, 0.5) is 4.79 Å². The van der Waals surface area contributed by atoms with Gasteiger partial charge in [-0.15, -0.1) is 0 Å². The Kier molecular flexibility index (Phi) is 7.72. The van der Waals surface area contributed by atoms with Crippen molar-refractivity contribution < 1.29 is 27.5 Å². The van der Waals surface area contributed by atoms with Crippen molar-refractivity contribution in [1.82, 2.24) is 15.4 Å². The molecule has 1 atom stereocenters. The Bertz CT molecular complexity index is 791. The van der Waals surface area contributed by atoms with Crippen LogP contribution >= 0.6 is 0 Å². The molecular weight excluding hydrogens is 362 g/mol. The van der Waals surface area contributed by atoms with Gasteiger partial charge in [-0.3, -0.25) is 14.9 Å². The average Bonchev–Trinajstić information content (AvgIpc) is 2.53.